The Hall–Kier alpha value is -0.0800. The number of piperidine rings is 1. The van der Waals surface area contributed by atoms with Gasteiger partial charge in [-0.1, -0.05) is 6.42 Å². The van der Waals surface area contributed by atoms with Gasteiger partial charge in [-0.2, -0.15) is 0 Å². The molecular formula is C11H22N2. The maximum Gasteiger partial charge on any atom is 0.0223 e. The van der Waals surface area contributed by atoms with E-state index in [0.29, 0.717) is 0 Å². The van der Waals surface area contributed by atoms with Crippen molar-refractivity contribution in [2.24, 2.45) is 0 Å². The number of nitrogens with zero attached hydrogens (tertiary/aromatic N) is 2. The predicted molar refractivity (Wildman–Crippen MR) is 55.9 cm³/mol. The van der Waals surface area contributed by atoms with Crippen LogP contribution >= 0.6 is 0 Å². The zero-order valence-electron chi connectivity index (χ0n) is 9.16. The number of hydrogen-bond donors (Lipinski definition) is 0. The first-order valence-electron chi connectivity index (χ1n) is 5.64. The molecular weight excluding hydrogens is 160 g/mol. The molecule has 2 rings (SSSR count). The molecule has 2 nitrogen and oxygen atoms in total. The molecule has 2 unspecified atom stereocenters. The molecule has 76 valence electrons. The Kier molecular flexibility index (Phi) is 2.61. The Morgan fingerprint density at radius 3 is 2.08 bits per heavy atom. The fourth-order valence-corrected chi connectivity index (χ4v) is 2.77. The van der Waals surface area contributed by atoms with Crippen LogP contribution < -0.4 is 0 Å². The molecule has 2 aliphatic rings. The molecule has 0 radical (unpaired) electrons. The quantitative estimate of drug-likeness (QED) is 0.607. The van der Waals surface area contributed by atoms with E-state index in [1.807, 2.05) is 0 Å². The number of likely N-dealkylation sites (tertiary alicyclic amines) is 1. The number of piperazine rings is 1. The Bertz CT molecular complexity index is 165. The van der Waals surface area contributed by atoms with Crippen LogP contribution in [0.1, 0.15) is 33.1 Å². The van der Waals surface area contributed by atoms with Gasteiger partial charge in [-0.15, -0.1) is 0 Å². The highest BCUT2D eigenvalue weighted by Gasteiger charge is 2.35. The largest absolute Gasteiger partial charge is 0.298 e. The van der Waals surface area contributed by atoms with Crippen LogP contribution in [0.15, 0.2) is 0 Å². The lowest BCUT2D eigenvalue weighted by molar-refractivity contribution is -0.00298. The van der Waals surface area contributed by atoms with E-state index < -0.39 is 0 Å². The molecule has 0 amide bonds. The van der Waals surface area contributed by atoms with Crippen molar-refractivity contribution in [3.05, 3.63) is 0 Å². The van der Waals surface area contributed by atoms with Crippen molar-refractivity contribution in [2.45, 2.75) is 51.2 Å². The van der Waals surface area contributed by atoms with Gasteiger partial charge in [-0.05, 0) is 33.7 Å². The van der Waals surface area contributed by atoms with Gasteiger partial charge in [0.25, 0.3) is 0 Å². The van der Waals surface area contributed by atoms with Gasteiger partial charge < -0.3 is 0 Å². The minimum Gasteiger partial charge on any atom is -0.298 e. The summed E-state index contributed by atoms with van der Waals surface area (Å²) in [5, 5.41) is 0. The average Bonchev–Trinajstić information content (AvgIpc) is 2.02. The molecule has 2 heteroatoms. The average molecular weight is 182 g/mol. The molecule has 13 heavy (non-hydrogen) atoms. The van der Waals surface area contributed by atoms with Crippen molar-refractivity contribution in [1.29, 1.82) is 0 Å². The molecule has 0 aromatic heterocycles. The molecule has 0 spiro atoms. The summed E-state index contributed by atoms with van der Waals surface area (Å²) >= 11 is 0. The van der Waals surface area contributed by atoms with Crippen molar-refractivity contribution in [3.63, 3.8) is 0 Å². The Morgan fingerprint density at radius 2 is 1.62 bits per heavy atom. The van der Waals surface area contributed by atoms with Crippen molar-refractivity contribution >= 4 is 0 Å². The SMILES string of the molecule is CC(C)N1CC2CCCC(C1)N2C. The van der Waals surface area contributed by atoms with Crippen LogP contribution in [0.25, 0.3) is 0 Å². The summed E-state index contributed by atoms with van der Waals surface area (Å²) in [6, 6.07) is 2.42. The first-order valence-corrected chi connectivity index (χ1v) is 5.64. The molecule has 0 aliphatic carbocycles. The Balaban J connectivity index is 2.03. The number of likely N-dealkylation sites (N-methyl/N-ethyl adjacent to an activating group) is 1. The number of rotatable bonds is 1. The summed E-state index contributed by atoms with van der Waals surface area (Å²) in [5.41, 5.74) is 0. The van der Waals surface area contributed by atoms with E-state index in [0.717, 1.165) is 18.1 Å². The highest BCUT2D eigenvalue weighted by atomic mass is 15.3. The van der Waals surface area contributed by atoms with Gasteiger partial charge in [0, 0.05) is 31.2 Å². The van der Waals surface area contributed by atoms with Crippen molar-refractivity contribution in [3.8, 4) is 0 Å². The summed E-state index contributed by atoms with van der Waals surface area (Å²) in [6.45, 7) is 7.23. The third-order valence-electron chi connectivity index (χ3n) is 3.85. The van der Waals surface area contributed by atoms with Crippen LogP contribution in [0, 0.1) is 0 Å². The summed E-state index contributed by atoms with van der Waals surface area (Å²) in [6.07, 6.45) is 4.28. The second-order valence-corrected chi connectivity index (χ2v) is 4.95. The molecule has 0 N–H and O–H groups in total. The monoisotopic (exact) mass is 182 g/mol. The van der Waals surface area contributed by atoms with E-state index >= 15 is 0 Å². The van der Waals surface area contributed by atoms with E-state index in [2.05, 4.69) is 30.7 Å². The van der Waals surface area contributed by atoms with Crippen LogP contribution in [0.3, 0.4) is 0 Å². The second-order valence-electron chi connectivity index (χ2n) is 4.95. The van der Waals surface area contributed by atoms with Gasteiger partial charge in [0.1, 0.15) is 0 Å². The summed E-state index contributed by atoms with van der Waals surface area (Å²) < 4.78 is 0. The summed E-state index contributed by atoms with van der Waals surface area (Å²) in [4.78, 5) is 5.26. The normalized spacial score (nSPS) is 36.9. The van der Waals surface area contributed by atoms with E-state index in [9.17, 15) is 0 Å². The second kappa shape index (κ2) is 3.58. The molecule has 2 bridgehead atoms. The number of fused-ring (bicyclic) bond motifs is 2. The lowest BCUT2D eigenvalue weighted by atomic mass is 9.91. The van der Waals surface area contributed by atoms with Gasteiger partial charge in [0.15, 0.2) is 0 Å². The van der Waals surface area contributed by atoms with Crippen LogP contribution in [0.2, 0.25) is 0 Å². The third kappa shape index (κ3) is 1.75. The van der Waals surface area contributed by atoms with Crippen LogP contribution in [-0.2, 0) is 0 Å². The minimum atomic E-state index is 0.733. The summed E-state index contributed by atoms with van der Waals surface area (Å²) in [5.74, 6) is 0. The zero-order valence-corrected chi connectivity index (χ0v) is 9.16. The van der Waals surface area contributed by atoms with Gasteiger partial charge in [0.2, 0.25) is 0 Å². The lowest BCUT2D eigenvalue weighted by Crippen LogP contribution is -2.60. The minimum absolute atomic E-state index is 0.733. The molecule has 0 saturated carbocycles. The summed E-state index contributed by atoms with van der Waals surface area (Å²) in [7, 11) is 2.31. The Morgan fingerprint density at radius 1 is 1.08 bits per heavy atom. The van der Waals surface area contributed by atoms with E-state index in [-0.39, 0.29) is 0 Å². The maximum atomic E-state index is 2.65. The fourth-order valence-electron chi connectivity index (χ4n) is 2.77. The third-order valence-corrected chi connectivity index (χ3v) is 3.85. The van der Waals surface area contributed by atoms with Crippen LogP contribution in [0.5, 0.6) is 0 Å². The molecule has 2 aliphatic heterocycles. The van der Waals surface area contributed by atoms with Gasteiger partial charge in [-0.25, -0.2) is 0 Å². The van der Waals surface area contributed by atoms with Crippen molar-refractivity contribution in [1.82, 2.24) is 9.80 Å². The van der Waals surface area contributed by atoms with E-state index in [4.69, 9.17) is 0 Å². The van der Waals surface area contributed by atoms with E-state index in [1.165, 1.54) is 32.4 Å². The van der Waals surface area contributed by atoms with Crippen molar-refractivity contribution < 1.29 is 0 Å². The first-order chi connectivity index (χ1) is 6.18. The number of hydrogen-bond acceptors (Lipinski definition) is 2. The molecule has 2 atom stereocenters. The standard InChI is InChI=1S/C11H22N2/c1-9(2)13-7-10-5-4-6-11(8-13)12(10)3/h9-11H,4-8H2,1-3H3. The van der Waals surface area contributed by atoms with Gasteiger partial charge in [0.05, 0.1) is 0 Å². The smallest absolute Gasteiger partial charge is 0.0223 e. The lowest BCUT2D eigenvalue weighted by Gasteiger charge is -2.49. The van der Waals surface area contributed by atoms with E-state index in [1.54, 1.807) is 0 Å². The predicted octanol–water partition coefficient (Wildman–Crippen LogP) is 1.56. The van der Waals surface area contributed by atoms with Gasteiger partial charge >= 0.3 is 0 Å². The topological polar surface area (TPSA) is 6.48 Å². The van der Waals surface area contributed by atoms with Gasteiger partial charge in [-0.3, -0.25) is 9.80 Å². The molecule has 2 fully saturated rings. The molecule has 2 saturated heterocycles. The van der Waals surface area contributed by atoms with Crippen LogP contribution in [-0.4, -0.2) is 48.1 Å². The fraction of sp³-hybridized carbons (Fsp3) is 1.00. The highest BCUT2D eigenvalue weighted by molar-refractivity contribution is 4.92. The molecule has 2 heterocycles. The van der Waals surface area contributed by atoms with Crippen molar-refractivity contribution in [2.75, 3.05) is 20.1 Å². The maximum absolute atomic E-state index is 2.65. The highest BCUT2D eigenvalue weighted by Crippen LogP contribution is 2.27. The Labute approximate surface area is 81.9 Å². The molecule has 0 aromatic rings. The first kappa shape index (κ1) is 9.47. The zero-order chi connectivity index (χ0) is 9.42. The van der Waals surface area contributed by atoms with Crippen LogP contribution in [0.4, 0.5) is 0 Å². The molecule has 0 aromatic carbocycles.